The second-order valence-corrected chi connectivity index (χ2v) is 6.65. The maximum absolute atomic E-state index is 12.7. The van der Waals surface area contributed by atoms with Crippen LogP contribution in [-0.4, -0.2) is 33.7 Å². The van der Waals surface area contributed by atoms with Crippen LogP contribution in [0.3, 0.4) is 0 Å². The minimum absolute atomic E-state index is 0.0740. The molecule has 6 heteroatoms. The number of halogens is 1. The molecule has 1 aliphatic rings. The fraction of sp³-hybridized carbons (Fsp3) is 0.375. The third-order valence-corrected chi connectivity index (χ3v) is 4.60. The predicted octanol–water partition coefficient (Wildman–Crippen LogP) is 3.01. The molecule has 0 spiro atoms. The highest BCUT2D eigenvalue weighted by molar-refractivity contribution is 9.10. The zero-order valence-electron chi connectivity index (χ0n) is 12.5. The van der Waals surface area contributed by atoms with Crippen molar-refractivity contribution in [2.24, 2.45) is 0 Å². The van der Waals surface area contributed by atoms with Gasteiger partial charge < -0.3 is 10.6 Å². The Bertz CT molecular complexity index is 689. The number of hydrogen-bond donors (Lipinski definition) is 1. The van der Waals surface area contributed by atoms with Crippen molar-refractivity contribution in [1.29, 1.82) is 0 Å². The number of hydrogen-bond acceptors (Lipinski definition) is 3. The number of aromatic nitrogens is 2. The standard InChI is InChI=1S/C16H19BrN4O/c1-11-2-3-13(18)8-15(11)16(22)20-6-4-14(5-7-20)21-10-12(17)9-19-21/h2-3,8-10,14H,4-7,18H2,1H3. The normalized spacial score (nSPS) is 16.0. The van der Waals surface area contributed by atoms with E-state index in [1.54, 1.807) is 12.3 Å². The number of amides is 1. The fourth-order valence-corrected chi connectivity index (χ4v) is 3.19. The van der Waals surface area contributed by atoms with Crippen molar-refractivity contribution in [2.45, 2.75) is 25.8 Å². The van der Waals surface area contributed by atoms with E-state index in [4.69, 9.17) is 5.73 Å². The molecule has 0 unspecified atom stereocenters. The van der Waals surface area contributed by atoms with Crippen LogP contribution in [0.5, 0.6) is 0 Å². The van der Waals surface area contributed by atoms with Crippen LogP contribution < -0.4 is 5.73 Å². The number of aryl methyl sites for hydroxylation is 1. The molecular formula is C16H19BrN4O. The lowest BCUT2D eigenvalue weighted by Gasteiger charge is -2.32. The van der Waals surface area contributed by atoms with Crippen LogP contribution in [-0.2, 0) is 0 Å². The molecule has 1 aromatic carbocycles. The molecule has 0 bridgehead atoms. The molecule has 3 rings (SSSR count). The lowest BCUT2D eigenvalue weighted by molar-refractivity contribution is 0.0689. The molecular weight excluding hydrogens is 344 g/mol. The van der Waals surface area contributed by atoms with Gasteiger partial charge in [0.2, 0.25) is 0 Å². The van der Waals surface area contributed by atoms with Crippen molar-refractivity contribution in [3.8, 4) is 0 Å². The average molecular weight is 363 g/mol. The van der Waals surface area contributed by atoms with Crippen molar-refractivity contribution in [1.82, 2.24) is 14.7 Å². The van der Waals surface area contributed by atoms with Gasteiger partial charge in [0.05, 0.1) is 16.7 Å². The monoisotopic (exact) mass is 362 g/mol. The van der Waals surface area contributed by atoms with E-state index >= 15 is 0 Å². The van der Waals surface area contributed by atoms with Gasteiger partial charge >= 0.3 is 0 Å². The predicted molar refractivity (Wildman–Crippen MR) is 89.7 cm³/mol. The Hall–Kier alpha value is -1.82. The SMILES string of the molecule is Cc1ccc(N)cc1C(=O)N1CCC(n2cc(Br)cn2)CC1. The summed E-state index contributed by atoms with van der Waals surface area (Å²) >= 11 is 3.42. The number of benzene rings is 1. The molecule has 1 fully saturated rings. The number of likely N-dealkylation sites (tertiary alicyclic amines) is 1. The van der Waals surface area contributed by atoms with E-state index < -0.39 is 0 Å². The van der Waals surface area contributed by atoms with Gasteiger partial charge in [0.25, 0.3) is 5.91 Å². The number of rotatable bonds is 2. The van der Waals surface area contributed by atoms with E-state index in [0.717, 1.165) is 36.0 Å². The number of nitrogen functional groups attached to an aromatic ring is 1. The van der Waals surface area contributed by atoms with Crippen LogP contribution in [0.2, 0.25) is 0 Å². The first-order valence-corrected chi connectivity index (χ1v) is 8.19. The smallest absolute Gasteiger partial charge is 0.254 e. The van der Waals surface area contributed by atoms with Crippen molar-refractivity contribution in [3.05, 3.63) is 46.2 Å². The summed E-state index contributed by atoms with van der Waals surface area (Å²) in [6, 6.07) is 5.86. The minimum Gasteiger partial charge on any atom is -0.399 e. The molecule has 0 saturated carbocycles. The van der Waals surface area contributed by atoms with Gasteiger partial charge in [-0.2, -0.15) is 5.10 Å². The largest absolute Gasteiger partial charge is 0.399 e. The molecule has 116 valence electrons. The van der Waals surface area contributed by atoms with Gasteiger partial charge in [0.1, 0.15) is 0 Å². The lowest BCUT2D eigenvalue weighted by atomic mass is 10.0. The molecule has 2 heterocycles. The van der Waals surface area contributed by atoms with Gasteiger partial charge in [0, 0.05) is 30.5 Å². The Labute approximate surface area is 138 Å². The van der Waals surface area contributed by atoms with Crippen LogP contribution >= 0.6 is 15.9 Å². The summed E-state index contributed by atoms with van der Waals surface area (Å²) in [5, 5.41) is 4.34. The maximum Gasteiger partial charge on any atom is 0.254 e. The highest BCUT2D eigenvalue weighted by Gasteiger charge is 2.25. The Kier molecular flexibility index (Phi) is 4.20. The zero-order valence-corrected chi connectivity index (χ0v) is 14.1. The second-order valence-electron chi connectivity index (χ2n) is 5.74. The van der Waals surface area contributed by atoms with E-state index in [-0.39, 0.29) is 5.91 Å². The fourth-order valence-electron chi connectivity index (χ4n) is 2.89. The van der Waals surface area contributed by atoms with Crippen molar-refractivity contribution in [2.75, 3.05) is 18.8 Å². The summed E-state index contributed by atoms with van der Waals surface area (Å²) in [6.07, 6.45) is 5.63. The third-order valence-electron chi connectivity index (χ3n) is 4.19. The highest BCUT2D eigenvalue weighted by atomic mass is 79.9. The molecule has 1 saturated heterocycles. The van der Waals surface area contributed by atoms with Crippen molar-refractivity contribution >= 4 is 27.5 Å². The van der Waals surface area contributed by atoms with Crippen LogP contribution in [0.15, 0.2) is 35.1 Å². The van der Waals surface area contributed by atoms with E-state index in [1.165, 1.54) is 0 Å². The van der Waals surface area contributed by atoms with E-state index in [2.05, 4.69) is 21.0 Å². The molecule has 1 aliphatic heterocycles. The van der Waals surface area contributed by atoms with Gasteiger partial charge in [0.15, 0.2) is 0 Å². The Morgan fingerprint density at radius 2 is 2.09 bits per heavy atom. The Morgan fingerprint density at radius 1 is 1.36 bits per heavy atom. The maximum atomic E-state index is 12.7. The van der Waals surface area contributed by atoms with Crippen LogP contribution in [0.25, 0.3) is 0 Å². The topological polar surface area (TPSA) is 64.2 Å². The molecule has 1 amide bonds. The van der Waals surface area contributed by atoms with Crippen LogP contribution in [0, 0.1) is 6.92 Å². The number of nitrogens with two attached hydrogens (primary N) is 1. The molecule has 5 nitrogen and oxygen atoms in total. The molecule has 0 radical (unpaired) electrons. The minimum atomic E-state index is 0.0740. The average Bonchev–Trinajstić information content (AvgIpc) is 2.96. The number of carbonyl (C=O) groups excluding carboxylic acids is 1. The number of carbonyl (C=O) groups is 1. The third kappa shape index (κ3) is 3.02. The molecule has 0 atom stereocenters. The molecule has 2 N–H and O–H groups in total. The lowest BCUT2D eigenvalue weighted by Crippen LogP contribution is -2.39. The van der Waals surface area contributed by atoms with E-state index in [1.807, 2.05) is 34.8 Å². The summed E-state index contributed by atoms with van der Waals surface area (Å²) in [5.41, 5.74) is 8.12. The number of piperidine rings is 1. The van der Waals surface area contributed by atoms with Gasteiger partial charge in [-0.1, -0.05) is 6.07 Å². The first-order chi connectivity index (χ1) is 10.5. The Morgan fingerprint density at radius 3 is 2.73 bits per heavy atom. The first-order valence-electron chi connectivity index (χ1n) is 7.39. The van der Waals surface area contributed by atoms with Gasteiger partial charge in [-0.05, 0) is 53.4 Å². The summed E-state index contributed by atoms with van der Waals surface area (Å²) < 4.78 is 2.97. The van der Waals surface area contributed by atoms with Crippen LogP contribution in [0.1, 0.15) is 34.8 Å². The second kappa shape index (κ2) is 6.12. The number of anilines is 1. The highest BCUT2D eigenvalue weighted by Crippen LogP contribution is 2.25. The number of nitrogens with zero attached hydrogens (tertiary/aromatic N) is 3. The van der Waals surface area contributed by atoms with Gasteiger partial charge in [-0.3, -0.25) is 9.48 Å². The molecule has 0 aliphatic carbocycles. The first kappa shape index (κ1) is 15.1. The molecule has 22 heavy (non-hydrogen) atoms. The molecule has 2 aromatic rings. The Balaban J connectivity index is 1.68. The van der Waals surface area contributed by atoms with E-state index in [0.29, 0.717) is 17.3 Å². The molecule has 1 aromatic heterocycles. The van der Waals surface area contributed by atoms with Crippen molar-refractivity contribution < 1.29 is 4.79 Å². The van der Waals surface area contributed by atoms with Crippen molar-refractivity contribution in [3.63, 3.8) is 0 Å². The van der Waals surface area contributed by atoms with Gasteiger partial charge in [-0.15, -0.1) is 0 Å². The summed E-state index contributed by atoms with van der Waals surface area (Å²) in [7, 11) is 0. The van der Waals surface area contributed by atoms with Crippen LogP contribution in [0.4, 0.5) is 5.69 Å². The van der Waals surface area contributed by atoms with E-state index in [9.17, 15) is 4.79 Å². The quantitative estimate of drug-likeness (QED) is 0.835. The van der Waals surface area contributed by atoms with Gasteiger partial charge in [-0.25, -0.2) is 0 Å². The summed E-state index contributed by atoms with van der Waals surface area (Å²) in [6.45, 7) is 3.44. The zero-order chi connectivity index (χ0) is 15.7. The summed E-state index contributed by atoms with van der Waals surface area (Å²) in [4.78, 5) is 14.6. The summed E-state index contributed by atoms with van der Waals surface area (Å²) in [5.74, 6) is 0.0740.